The number of guanidine groups is 1. The topological polar surface area (TPSA) is 87.6 Å². The largest absolute Gasteiger partial charge is 0.464 e. The van der Waals surface area contributed by atoms with Crippen LogP contribution >= 0.6 is 24.0 Å². The van der Waals surface area contributed by atoms with Crippen molar-refractivity contribution in [3.8, 4) is 0 Å². The second-order valence-electron chi connectivity index (χ2n) is 5.54. The van der Waals surface area contributed by atoms with Gasteiger partial charge >= 0.3 is 0 Å². The Morgan fingerprint density at radius 1 is 1.33 bits per heavy atom. The zero-order valence-electron chi connectivity index (χ0n) is 14.8. The molecule has 0 radical (unpaired) electrons. The molecule has 3 N–H and O–H groups in total. The lowest BCUT2D eigenvalue weighted by Gasteiger charge is -2.14. The van der Waals surface area contributed by atoms with E-state index in [4.69, 9.17) is 4.42 Å². The van der Waals surface area contributed by atoms with E-state index in [1.165, 1.54) is 0 Å². The number of furan rings is 1. The molecule has 1 unspecified atom stereocenters. The summed E-state index contributed by atoms with van der Waals surface area (Å²) in [6.07, 6.45) is -0.718. The minimum absolute atomic E-state index is 0. The Balaban J connectivity index is 0.00000288. The van der Waals surface area contributed by atoms with Gasteiger partial charge in [0.1, 0.15) is 17.6 Å². The summed E-state index contributed by atoms with van der Waals surface area (Å²) in [6.45, 7) is 6.82. The Labute approximate surface area is 159 Å². The molecule has 0 amide bonds. The summed E-state index contributed by atoms with van der Waals surface area (Å²) >= 11 is 0. The van der Waals surface area contributed by atoms with Crippen molar-refractivity contribution in [3.63, 3.8) is 0 Å². The molecule has 2 heterocycles. The van der Waals surface area contributed by atoms with Crippen molar-refractivity contribution in [2.45, 2.75) is 33.4 Å². The van der Waals surface area contributed by atoms with Gasteiger partial charge in [-0.25, -0.2) is 0 Å². The highest BCUT2D eigenvalue weighted by molar-refractivity contribution is 14.0. The molecule has 2 aromatic heterocycles. The number of aryl methyl sites for hydroxylation is 3. The van der Waals surface area contributed by atoms with Gasteiger partial charge in [-0.05, 0) is 32.9 Å². The summed E-state index contributed by atoms with van der Waals surface area (Å²) in [5.74, 6) is 1.95. The molecule has 0 saturated carbocycles. The van der Waals surface area contributed by atoms with Crippen LogP contribution in [-0.4, -0.2) is 34.4 Å². The summed E-state index contributed by atoms with van der Waals surface area (Å²) in [4.78, 5) is 4.17. The maximum atomic E-state index is 10.1. The molecule has 0 aromatic carbocycles. The van der Waals surface area contributed by atoms with E-state index < -0.39 is 6.10 Å². The number of rotatable bonds is 5. The van der Waals surface area contributed by atoms with Crippen LogP contribution in [0.2, 0.25) is 0 Å². The number of nitrogens with one attached hydrogen (secondary N) is 2. The van der Waals surface area contributed by atoms with E-state index >= 15 is 0 Å². The molecule has 134 valence electrons. The Kier molecular flexibility index (Phi) is 7.74. The third kappa shape index (κ3) is 4.97. The Hall–Kier alpha value is -1.55. The third-order valence-corrected chi connectivity index (χ3v) is 3.87. The maximum absolute atomic E-state index is 10.1. The third-order valence-electron chi connectivity index (χ3n) is 3.87. The van der Waals surface area contributed by atoms with E-state index in [1.807, 2.05) is 38.6 Å². The Morgan fingerprint density at radius 2 is 2.04 bits per heavy atom. The van der Waals surface area contributed by atoms with Gasteiger partial charge < -0.3 is 20.2 Å². The number of hydrogen-bond donors (Lipinski definition) is 3. The van der Waals surface area contributed by atoms with Crippen LogP contribution in [0.1, 0.15) is 34.6 Å². The molecule has 0 aliphatic carbocycles. The van der Waals surface area contributed by atoms with Crippen molar-refractivity contribution in [1.29, 1.82) is 0 Å². The average molecular weight is 447 g/mol. The van der Waals surface area contributed by atoms with Crippen LogP contribution < -0.4 is 10.6 Å². The second-order valence-corrected chi connectivity index (χ2v) is 5.54. The molecule has 0 spiro atoms. The van der Waals surface area contributed by atoms with E-state index in [-0.39, 0.29) is 24.0 Å². The summed E-state index contributed by atoms with van der Waals surface area (Å²) in [5, 5.41) is 20.8. The SMILES string of the molecule is CN=C(NCc1c(C)nn(C)c1C)NCC(O)c1ccc(C)o1.I. The van der Waals surface area contributed by atoms with E-state index in [1.54, 1.807) is 13.1 Å². The number of nitrogens with zero attached hydrogens (tertiary/aromatic N) is 3. The van der Waals surface area contributed by atoms with Crippen molar-refractivity contribution >= 4 is 29.9 Å². The summed E-state index contributed by atoms with van der Waals surface area (Å²) in [6, 6.07) is 3.61. The standard InChI is InChI=1S/C16H25N5O2.HI/c1-10-6-7-15(23-10)14(22)9-19-16(17-4)18-8-13-11(2)20-21(5)12(13)3;/h6-7,14,22H,8-9H2,1-5H3,(H2,17,18,19);1H. The first-order chi connectivity index (χ1) is 10.9. The number of hydrogen-bond acceptors (Lipinski definition) is 4. The van der Waals surface area contributed by atoms with Crippen LogP contribution in [0.4, 0.5) is 0 Å². The number of aliphatic hydroxyl groups excluding tert-OH is 1. The molecule has 2 rings (SSSR count). The van der Waals surface area contributed by atoms with Crippen LogP contribution in [0, 0.1) is 20.8 Å². The quantitative estimate of drug-likeness (QED) is 0.371. The van der Waals surface area contributed by atoms with Crippen molar-refractivity contribution in [1.82, 2.24) is 20.4 Å². The molecular weight excluding hydrogens is 421 g/mol. The summed E-state index contributed by atoms with van der Waals surface area (Å²) < 4.78 is 7.28. The summed E-state index contributed by atoms with van der Waals surface area (Å²) in [7, 11) is 3.63. The lowest BCUT2D eigenvalue weighted by atomic mass is 10.2. The second kappa shape index (κ2) is 9.07. The average Bonchev–Trinajstić information content (AvgIpc) is 3.05. The number of halogens is 1. The first-order valence-electron chi connectivity index (χ1n) is 7.60. The fraction of sp³-hybridized carbons (Fsp3) is 0.500. The van der Waals surface area contributed by atoms with Crippen molar-refractivity contribution < 1.29 is 9.52 Å². The molecule has 7 nitrogen and oxygen atoms in total. The highest BCUT2D eigenvalue weighted by Crippen LogP contribution is 2.15. The predicted molar refractivity (Wildman–Crippen MR) is 105 cm³/mol. The minimum atomic E-state index is -0.718. The highest BCUT2D eigenvalue weighted by atomic mass is 127. The molecular formula is C16H26IN5O2. The Morgan fingerprint density at radius 3 is 2.54 bits per heavy atom. The molecule has 0 bridgehead atoms. The molecule has 0 saturated heterocycles. The van der Waals surface area contributed by atoms with Crippen LogP contribution in [0.3, 0.4) is 0 Å². The molecule has 2 aromatic rings. The molecule has 0 aliphatic heterocycles. The van der Waals surface area contributed by atoms with Gasteiger partial charge in [-0.2, -0.15) is 5.10 Å². The molecule has 24 heavy (non-hydrogen) atoms. The zero-order valence-corrected chi connectivity index (χ0v) is 17.1. The van der Waals surface area contributed by atoms with E-state index in [0.29, 0.717) is 24.8 Å². The van der Waals surface area contributed by atoms with Gasteiger partial charge in [-0.15, -0.1) is 24.0 Å². The normalized spacial score (nSPS) is 12.7. The van der Waals surface area contributed by atoms with Crippen LogP contribution in [0.15, 0.2) is 21.5 Å². The lowest BCUT2D eigenvalue weighted by Crippen LogP contribution is -2.39. The van der Waals surface area contributed by atoms with Crippen molar-refractivity contribution in [2.24, 2.45) is 12.0 Å². The number of aliphatic hydroxyl groups is 1. The lowest BCUT2D eigenvalue weighted by molar-refractivity contribution is 0.151. The fourth-order valence-corrected chi connectivity index (χ4v) is 2.39. The predicted octanol–water partition coefficient (Wildman–Crippen LogP) is 1.95. The summed E-state index contributed by atoms with van der Waals surface area (Å²) in [5.41, 5.74) is 3.27. The Bertz CT molecular complexity index is 693. The van der Waals surface area contributed by atoms with Crippen molar-refractivity contribution in [3.05, 3.63) is 40.6 Å². The van der Waals surface area contributed by atoms with E-state index in [9.17, 15) is 5.11 Å². The van der Waals surface area contributed by atoms with Gasteiger partial charge in [0.25, 0.3) is 0 Å². The van der Waals surface area contributed by atoms with Gasteiger partial charge in [0, 0.05) is 31.9 Å². The number of aromatic nitrogens is 2. The van der Waals surface area contributed by atoms with Gasteiger partial charge in [0.15, 0.2) is 5.96 Å². The van der Waals surface area contributed by atoms with Gasteiger partial charge in [0.05, 0.1) is 12.2 Å². The monoisotopic (exact) mass is 447 g/mol. The van der Waals surface area contributed by atoms with Crippen molar-refractivity contribution in [2.75, 3.05) is 13.6 Å². The molecule has 0 aliphatic rings. The van der Waals surface area contributed by atoms with Crippen LogP contribution in [0.25, 0.3) is 0 Å². The van der Waals surface area contributed by atoms with Gasteiger partial charge in [0.2, 0.25) is 0 Å². The van der Waals surface area contributed by atoms with Gasteiger partial charge in [-0.3, -0.25) is 9.67 Å². The minimum Gasteiger partial charge on any atom is -0.464 e. The first-order valence-corrected chi connectivity index (χ1v) is 7.60. The maximum Gasteiger partial charge on any atom is 0.191 e. The fourth-order valence-electron chi connectivity index (χ4n) is 2.39. The molecule has 0 fully saturated rings. The first kappa shape index (κ1) is 20.5. The molecule has 8 heteroatoms. The van der Waals surface area contributed by atoms with E-state index in [2.05, 4.69) is 20.7 Å². The smallest absolute Gasteiger partial charge is 0.191 e. The number of aliphatic imine (C=N–C) groups is 1. The van der Waals surface area contributed by atoms with Crippen LogP contribution in [0.5, 0.6) is 0 Å². The van der Waals surface area contributed by atoms with E-state index in [0.717, 1.165) is 22.7 Å². The molecule has 1 atom stereocenters. The highest BCUT2D eigenvalue weighted by Gasteiger charge is 2.13. The zero-order chi connectivity index (χ0) is 17.0. The van der Waals surface area contributed by atoms with Crippen LogP contribution in [-0.2, 0) is 13.6 Å². The van der Waals surface area contributed by atoms with Gasteiger partial charge in [-0.1, -0.05) is 0 Å².